The van der Waals surface area contributed by atoms with Gasteiger partial charge in [0.05, 0.1) is 17.1 Å². The van der Waals surface area contributed by atoms with Crippen LogP contribution in [0.15, 0.2) is 29.6 Å². The van der Waals surface area contributed by atoms with Gasteiger partial charge in [0.1, 0.15) is 11.3 Å². The van der Waals surface area contributed by atoms with Crippen molar-refractivity contribution < 1.29 is 0 Å². The highest BCUT2D eigenvalue weighted by Crippen LogP contribution is 2.27. The summed E-state index contributed by atoms with van der Waals surface area (Å²) in [5.74, 6) is 1.56. The number of aromatic nitrogens is 2. The quantitative estimate of drug-likeness (QED) is 0.588. The second-order valence-corrected chi connectivity index (χ2v) is 6.67. The molecule has 21 heavy (non-hydrogen) atoms. The van der Waals surface area contributed by atoms with Gasteiger partial charge in [-0.15, -0.1) is 22.9 Å². The Morgan fingerprint density at radius 1 is 1.29 bits per heavy atom. The van der Waals surface area contributed by atoms with Crippen LogP contribution in [0.5, 0.6) is 0 Å². The molecule has 1 aromatic carbocycles. The highest BCUT2D eigenvalue weighted by Gasteiger charge is 2.14. The first-order chi connectivity index (χ1) is 10.2. The van der Waals surface area contributed by atoms with E-state index in [2.05, 4.69) is 34.0 Å². The molecule has 0 N–H and O–H groups in total. The average molecular weight is 339 g/mol. The predicted octanol–water partition coefficient (Wildman–Crippen LogP) is 5.14. The van der Waals surface area contributed by atoms with E-state index < -0.39 is 0 Å². The van der Waals surface area contributed by atoms with Gasteiger partial charge < -0.3 is 4.57 Å². The Bertz CT molecular complexity index is 761. The van der Waals surface area contributed by atoms with E-state index in [-0.39, 0.29) is 0 Å². The molecule has 0 spiro atoms. The van der Waals surface area contributed by atoms with Crippen LogP contribution in [0.25, 0.3) is 11.0 Å². The fraction of sp³-hybridized carbons (Fsp3) is 0.312. The molecule has 5 heteroatoms. The van der Waals surface area contributed by atoms with Crippen molar-refractivity contribution in [3.63, 3.8) is 0 Å². The van der Waals surface area contributed by atoms with Crippen LogP contribution >= 0.6 is 34.5 Å². The number of benzene rings is 1. The van der Waals surface area contributed by atoms with Crippen LogP contribution in [0, 0.1) is 0 Å². The second-order valence-electron chi connectivity index (χ2n) is 4.88. The van der Waals surface area contributed by atoms with E-state index in [1.54, 1.807) is 11.3 Å². The number of alkyl halides is 1. The minimum atomic E-state index is 0.562. The van der Waals surface area contributed by atoms with Crippen LogP contribution in [0.1, 0.15) is 23.2 Å². The summed E-state index contributed by atoms with van der Waals surface area (Å²) in [4.78, 5) is 6.07. The van der Waals surface area contributed by atoms with Crippen molar-refractivity contribution in [2.75, 3.05) is 5.88 Å². The third-order valence-corrected chi connectivity index (χ3v) is 5.09. The highest BCUT2D eigenvalue weighted by atomic mass is 35.5. The largest absolute Gasteiger partial charge is 0.323 e. The topological polar surface area (TPSA) is 17.8 Å². The first-order valence-electron chi connectivity index (χ1n) is 6.99. The van der Waals surface area contributed by atoms with E-state index in [0.717, 1.165) is 36.2 Å². The summed E-state index contributed by atoms with van der Waals surface area (Å²) in [6.45, 7) is 3.03. The Kier molecular flexibility index (Phi) is 4.53. The third kappa shape index (κ3) is 2.83. The molecule has 0 aliphatic rings. The van der Waals surface area contributed by atoms with Gasteiger partial charge in [0, 0.05) is 17.2 Å². The summed E-state index contributed by atoms with van der Waals surface area (Å²) >= 11 is 14.0. The molecule has 0 atom stereocenters. The number of hydrogen-bond donors (Lipinski definition) is 0. The SMILES string of the molecule is CCc1ccsc1Cn1c(CCCl)nc2c(Cl)cccc21. The fourth-order valence-corrected chi connectivity index (χ4v) is 3.92. The molecule has 2 heterocycles. The number of aryl methyl sites for hydroxylation is 2. The monoisotopic (exact) mass is 338 g/mol. The summed E-state index contributed by atoms with van der Waals surface area (Å²) in [6, 6.07) is 8.13. The molecule has 110 valence electrons. The lowest BCUT2D eigenvalue weighted by Crippen LogP contribution is -2.06. The van der Waals surface area contributed by atoms with Crippen molar-refractivity contribution in [3.05, 3.63) is 50.9 Å². The molecule has 3 rings (SSSR count). The molecule has 0 aliphatic carbocycles. The first-order valence-corrected chi connectivity index (χ1v) is 8.78. The molecule has 2 nitrogen and oxygen atoms in total. The normalized spacial score (nSPS) is 11.4. The van der Waals surface area contributed by atoms with E-state index in [9.17, 15) is 0 Å². The van der Waals surface area contributed by atoms with Gasteiger partial charge in [-0.25, -0.2) is 4.98 Å². The van der Waals surface area contributed by atoms with Crippen LogP contribution in [-0.2, 0) is 19.4 Å². The molecule has 0 radical (unpaired) electrons. The molecule has 0 unspecified atom stereocenters. The van der Waals surface area contributed by atoms with Crippen molar-refractivity contribution >= 4 is 45.6 Å². The molecule has 0 saturated heterocycles. The van der Waals surface area contributed by atoms with Gasteiger partial charge in [-0.2, -0.15) is 0 Å². The Morgan fingerprint density at radius 2 is 2.14 bits per heavy atom. The Morgan fingerprint density at radius 3 is 2.90 bits per heavy atom. The van der Waals surface area contributed by atoms with E-state index in [1.165, 1.54) is 10.4 Å². The lowest BCUT2D eigenvalue weighted by Gasteiger charge is -2.09. The summed E-state index contributed by atoms with van der Waals surface area (Å²) in [7, 11) is 0. The second kappa shape index (κ2) is 6.39. The number of nitrogens with zero attached hydrogens (tertiary/aromatic N) is 2. The first kappa shape index (κ1) is 14.9. The molecule has 0 fully saturated rings. The summed E-state index contributed by atoms with van der Waals surface area (Å²) in [5.41, 5.74) is 3.35. The van der Waals surface area contributed by atoms with Crippen molar-refractivity contribution in [1.29, 1.82) is 0 Å². The average Bonchev–Trinajstić information content (AvgIpc) is 3.06. The van der Waals surface area contributed by atoms with Gasteiger partial charge in [0.15, 0.2) is 0 Å². The molecular formula is C16H16Cl2N2S. The van der Waals surface area contributed by atoms with Crippen molar-refractivity contribution in [3.8, 4) is 0 Å². The van der Waals surface area contributed by atoms with Crippen LogP contribution in [0.3, 0.4) is 0 Å². The van der Waals surface area contributed by atoms with Crippen LogP contribution in [0.2, 0.25) is 5.02 Å². The maximum absolute atomic E-state index is 6.28. The molecular weight excluding hydrogens is 323 g/mol. The van der Waals surface area contributed by atoms with Gasteiger partial charge in [-0.1, -0.05) is 24.6 Å². The standard InChI is InChI=1S/C16H16Cl2N2S/c1-2-11-7-9-21-14(11)10-20-13-5-3-4-12(18)16(13)19-15(20)6-8-17/h3-5,7,9H,2,6,8,10H2,1H3. The molecule has 0 amide bonds. The lowest BCUT2D eigenvalue weighted by atomic mass is 10.2. The number of rotatable bonds is 5. The van der Waals surface area contributed by atoms with Crippen LogP contribution in [-0.4, -0.2) is 15.4 Å². The third-order valence-electron chi connectivity index (χ3n) is 3.65. The Labute approximate surface area is 138 Å². The number of hydrogen-bond acceptors (Lipinski definition) is 2. The van der Waals surface area contributed by atoms with E-state index >= 15 is 0 Å². The van der Waals surface area contributed by atoms with Gasteiger partial charge in [0.25, 0.3) is 0 Å². The van der Waals surface area contributed by atoms with Gasteiger partial charge >= 0.3 is 0 Å². The maximum atomic E-state index is 6.28. The minimum Gasteiger partial charge on any atom is -0.323 e. The number of para-hydroxylation sites is 1. The minimum absolute atomic E-state index is 0.562. The Balaban J connectivity index is 2.11. The number of imidazole rings is 1. The van der Waals surface area contributed by atoms with Crippen molar-refractivity contribution in [2.24, 2.45) is 0 Å². The zero-order valence-electron chi connectivity index (χ0n) is 11.8. The molecule has 0 aliphatic heterocycles. The highest BCUT2D eigenvalue weighted by molar-refractivity contribution is 7.10. The van der Waals surface area contributed by atoms with E-state index in [0.29, 0.717) is 10.9 Å². The lowest BCUT2D eigenvalue weighted by molar-refractivity contribution is 0.758. The van der Waals surface area contributed by atoms with Crippen LogP contribution < -0.4 is 0 Å². The van der Waals surface area contributed by atoms with Crippen molar-refractivity contribution in [1.82, 2.24) is 9.55 Å². The Hall–Kier alpha value is -1.03. The van der Waals surface area contributed by atoms with Crippen LogP contribution in [0.4, 0.5) is 0 Å². The van der Waals surface area contributed by atoms with Gasteiger partial charge in [0.2, 0.25) is 0 Å². The fourth-order valence-electron chi connectivity index (χ4n) is 2.58. The molecule has 0 bridgehead atoms. The zero-order valence-corrected chi connectivity index (χ0v) is 14.1. The number of fused-ring (bicyclic) bond motifs is 1. The molecule has 0 saturated carbocycles. The van der Waals surface area contributed by atoms with Gasteiger partial charge in [-0.3, -0.25) is 0 Å². The van der Waals surface area contributed by atoms with E-state index in [1.807, 2.05) is 12.1 Å². The number of thiophene rings is 1. The molecule has 3 aromatic rings. The predicted molar refractivity (Wildman–Crippen MR) is 92.0 cm³/mol. The number of halogens is 2. The van der Waals surface area contributed by atoms with Crippen molar-refractivity contribution in [2.45, 2.75) is 26.3 Å². The zero-order chi connectivity index (χ0) is 14.8. The molecule has 2 aromatic heterocycles. The van der Waals surface area contributed by atoms with Gasteiger partial charge in [-0.05, 0) is 35.6 Å². The smallest absolute Gasteiger partial charge is 0.111 e. The van der Waals surface area contributed by atoms with E-state index in [4.69, 9.17) is 23.2 Å². The summed E-state index contributed by atoms with van der Waals surface area (Å²) in [5, 5.41) is 2.85. The summed E-state index contributed by atoms with van der Waals surface area (Å²) < 4.78 is 2.24. The maximum Gasteiger partial charge on any atom is 0.111 e. The summed E-state index contributed by atoms with van der Waals surface area (Å²) in [6.07, 6.45) is 1.80.